The molecule has 1 saturated heterocycles. The Morgan fingerprint density at radius 3 is 2.52 bits per heavy atom. The van der Waals surface area contributed by atoms with Crippen molar-refractivity contribution >= 4 is 17.9 Å². The highest BCUT2D eigenvalue weighted by atomic mass is 16.4. The minimum atomic E-state index is -0.873. The number of aliphatic carboxylic acids is 1. The van der Waals surface area contributed by atoms with Gasteiger partial charge in [-0.15, -0.1) is 0 Å². The summed E-state index contributed by atoms with van der Waals surface area (Å²) in [6.07, 6.45) is 1.72. The average molecular weight is 297 g/mol. The first-order valence-corrected chi connectivity index (χ1v) is 7.30. The van der Waals surface area contributed by atoms with Gasteiger partial charge in [-0.25, -0.2) is 4.79 Å². The topological polar surface area (TPSA) is 89.9 Å². The zero-order valence-corrected chi connectivity index (χ0v) is 12.8. The molecule has 2 atom stereocenters. The molecule has 0 aromatic heterocycles. The largest absolute Gasteiger partial charge is 0.481 e. The molecule has 0 spiro atoms. The number of urea groups is 1. The summed E-state index contributed by atoms with van der Waals surface area (Å²) < 4.78 is 0. The van der Waals surface area contributed by atoms with E-state index in [0.29, 0.717) is 32.4 Å². The predicted molar refractivity (Wildman–Crippen MR) is 75.7 cm³/mol. The van der Waals surface area contributed by atoms with Crippen LogP contribution in [0.2, 0.25) is 0 Å². The van der Waals surface area contributed by atoms with E-state index in [1.54, 1.807) is 30.7 Å². The molecule has 118 valence electrons. The number of likely N-dealkylation sites (N-methyl/N-ethyl adjacent to an activating group) is 1. The molecule has 21 heavy (non-hydrogen) atoms. The third-order valence-electron chi connectivity index (χ3n) is 4.56. The number of carbonyl (C=O) groups is 3. The molecule has 1 aliphatic carbocycles. The van der Waals surface area contributed by atoms with Gasteiger partial charge in [0, 0.05) is 26.2 Å². The van der Waals surface area contributed by atoms with Crippen LogP contribution in [0.25, 0.3) is 0 Å². The molecule has 1 aliphatic heterocycles. The van der Waals surface area contributed by atoms with Crippen LogP contribution in [0.4, 0.5) is 4.79 Å². The number of nitrogens with zero attached hydrogens (tertiary/aromatic N) is 2. The van der Waals surface area contributed by atoms with Crippen molar-refractivity contribution in [3.8, 4) is 0 Å². The second-order valence-corrected chi connectivity index (χ2v) is 6.43. The van der Waals surface area contributed by atoms with E-state index in [0.717, 1.165) is 0 Å². The van der Waals surface area contributed by atoms with Crippen molar-refractivity contribution in [1.29, 1.82) is 0 Å². The van der Waals surface area contributed by atoms with E-state index in [1.807, 2.05) is 0 Å². The minimum absolute atomic E-state index is 0.0845. The number of hydrogen-bond acceptors (Lipinski definition) is 3. The fourth-order valence-corrected chi connectivity index (χ4v) is 3.16. The van der Waals surface area contributed by atoms with Crippen LogP contribution in [0.5, 0.6) is 0 Å². The fourth-order valence-electron chi connectivity index (χ4n) is 3.16. The molecule has 2 N–H and O–H groups in total. The summed E-state index contributed by atoms with van der Waals surface area (Å²) in [5.74, 6) is -1.27. The molecule has 1 heterocycles. The number of rotatable bonds is 2. The van der Waals surface area contributed by atoms with Gasteiger partial charge < -0.3 is 20.2 Å². The lowest BCUT2D eigenvalue weighted by atomic mass is 9.98. The van der Waals surface area contributed by atoms with Gasteiger partial charge in [0.25, 0.3) is 0 Å². The van der Waals surface area contributed by atoms with Crippen LogP contribution in [0.3, 0.4) is 0 Å². The molecule has 2 fully saturated rings. The van der Waals surface area contributed by atoms with Crippen molar-refractivity contribution in [3.05, 3.63) is 0 Å². The maximum Gasteiger partial charge on any atom is 0.318 e. The molecule has 0 bridgehead atoms. The number of carboxylic acid groups (broad SMARTS) is 1. The van der Waals surface area contributed by atoms with Crippen LogP contribution in [-0.4, -0.2) is 64.5 Å². The maximum absolute atomic E-state index is 12.4. The first kappa shape index (κ1) is 15.6. The number of carbonyl (C=O) groups excluding carboxylic acids is 2. The molecule has 1 saturated carbocycles. The molecule has 0 aromatic carbocycles. The van der Waals surface area contributed by atoms with Crippen molar-refractivity contribution in [2.24, 2.45) is 5.92 Å². The number of carboxylic acids is 1. The first-order chi connectivity index (χ1) is 9.73. The first-order valence-electron chi connectivity index (χ1n) is 7.30. The molecule has 0 radical (unpaired) electrons. The molecular weight excluding hydrogens is 274 g/mol. The van der Waals surface area contributed by atoms with E-state index in [2.05, 4.69) is 5.32 Å². The van der Waals surface area contributed by atoms with Crippen LogP contribution in [0.1, 0.15) is 33.1 Å². The number of nitrogens with one attached hydrogen (secondary N) is 1. The van der Waals surface area contributed by atoms with Gasteiger partial charge in [-0.05, 0) is 33.1 Å². The third kappa shape index (κ3) is 2.96. The molecule has 0 unspecified atom stereocenters. The smallest absolute Gasteiger partial charge is 0.318 e. The Labute approximate surface area is 124 Å². The van der Waals surface area contributed by atoms with Crippen molar-refractivity contribution in [1.82, 2.24) is 15.1 Å². The summed E-state index contributed by atoms with van der Waals surface area (Å²) >= 11 is 0. The van der Waals surface area contributed by atoms with Crippen LogP contribution in [0, 0.1) is 5.92 Å². The van der Waals surface area contributed by atoms with Crippen molar-refractivity contribution in [2.75, 3.05) is 20.1 Å². The average Bonchev–Trinajstić information content (AvgIpc) is 2.84. The van der Waals surface area contributed by atoms with Gasteiger partial charge >= 0.3 is 12.0 Å². The minimum Gasteiger partial charge on any atom is -0.481 e. The predicted octanol–water partition coefficient (Wildman–Crippen LogP) is 0.502. The molecular formula is C14H23N3O4. The van der Waals surface area contributed by atoms with E-state index in [4.69, 9.17) is 5.11 Å². The van der Waals surface area contributed by atoms with Gasteiger partial charge in [0.2, 0.25) is 5.91 Å². The van der Waals surface area contributed by atoms with E-state index in [9.17, 15) is 14.4 Å². The highest BCUT2D eigenvalue weighted by Gasteiger charge is 2.43. The Balaban J connectivity index is 1.98. The lowest BCUT2D eigenvalue weighted by Gasteiger charge is -2.44. The van der Waals surface area contributed by atoms with Crippen LogP contribution >= 0.6 is 0 Å². The van der Waals surface area contributed by atoms with Gasteiger partial charge in [0.15, 0.2) is 0 Å². The van der Waals surface area contributed by atoms with Gasteiger partial charge in [-0.2, -0.15) is 0 Å². The lowest BCUT2D eigenvalue weighted by Crippen LogP contribution is -2.65. The Bertz CT molecular complexity index is 463. The Kier molecular flexibility index (Phi) is 4.11. The zero-order chi connectivity index (χ0) is 15.8. The summed E-state index contributed by atoms with van der Waals surface area (Å²) in [5, 5.41) is 11.9. The van der Waals surface area contributed by atoms with Crippen LogP contribution < -0.4 is 5.32 Å². The van der Waals surface area contributed by atoms with Crippen molar-refractivity contribution < 1.29 is 19.5 Å². The fraction of sp³-hybridized carbons (Fsp3) is 0.786. The van der Waals surface area contributed by atoms with E-state index in [-0.39, 0.29) is 23.9 Å². The monoisotopic (exact) mass is 297 g/mol. The molecule has 7 nitrogen and oxygen atoms in total. The van der Waals surface area contributed by atoms with Crippen LogP contribution in [-0.2, 0) is 9.59 Å². The van der Waals surface area contributed by atoms with Crippen molar-refractivity contribution in [3.63, 3.8) is 0 Å². The molecule has 2 aliphatic rings. The lowest BCUT2D eigenvalue weighted by molar-refractivity contribution is -0.144. The number of piperazine rings is 1. The second-order valence-electron chi connectivity index (χ2n) is 6.43. The summed E-state index contributed by atoms with van der Waals surface area (Å²) in [7, 11) is 1.73. The summed E-state index contributed by atoms with van der Waals surface area (Å²) in [6, 6.07) is -0.401. The van der Waals surface area contributed by atoms with Crippen LogP contribution in [0.15, 0.2) is 0 Å². The second kappa shape index (κ2) is 5.54. The summed E-state index contributed by atoms with van der Waals surface area (Å²) in [6.45, 7) is 4.47. The molecule has 7 heteroatoms. The molecule has 3 amide bonds. The normalized spacial score (nSPS) is 28.6. The highest BCUT2D eigenvalue weighted by molar-refractivity contribution is 5.91. The SMILES string of the molecule is CN1CCN(C(=O)N[C@H]2CC[C@@H](C(=O)O)C2)C(C)(C)C1=O. The Morgan fingerprint density at radius 1 is 1.29 bits per heavy atom. The third-order valence-corrected chi connectivity index (χ3v) is 4.56. The summed E-state index contributed by atoms with van der Waals surface area (Å²) in [4.78, 5) is 38.7. The Morgan fingerprint density at radius 2 is 1.95 bits per heavy atom. The van der Waals surface area contributed by atoms with Crippen molar-refractivity contribution in [2.45, 2.75) is 44.7 Å². The summed E-state index contributed by atoms with van der Waals surface area (Å²) in [5.41, 5.74) is -0.873. The number of hydrogen-bond donors (Lipinski definition) is 2. The van der Waals surface area contributed by atoms with Gasteiger partial charge in [0.05, 0.1) is 5.92 Å². The van der Waals surface area contributed by atoms with E-state index >= 15 is 0 Å². The number of amides is 3. The van der Waals surface area contributed by atoms with Gasteiger partial charge in [-0.3, -0.25) is 9.59 Å². The van der Waals surface area contributed by atoms with Gasteiger partial charge in [-0.1, -0.05) is 0 Å². The van der Waals surface area contributed by atoms with E-state index in [1.165, 1.54) is 0 Å². The molecule has 0 aromatic rings. The maximum atomic E-state index is 12.4. The Hall–Kier alpha value is -1.79. The van der Waals surface area contributed by atoms with Gasteiger partial charge in [0.1, 0.15) is 5.54 Å². The highest BCUT2D eigenvalue weighted by Crippen LogP contribution is 2.27. The molecule has 2 rings (SSSR count). The zero-order valence-electron chi connectivity index (χ0n) is 12.8. The van der Waals surface area contributed by atoms with E-state index < -0.39 is 11.5 Å². The standard InChI is InChI=1S/C14H23N3O4/c1-14(2)12(20)16(3)6-7-17(14)13(21)15-10-5-4-9(8-10)11(18)19/h9-10H,4-8H2,1-3H3,(H,15,21)(H,18,19)/t9-,10+/m1/s1. The quantitative estimate of drug-likeness (QED) is 0.776.